The highest BCUT2D eigenvalue weighted by atomic mass is 16.7. The molecule has 0 saturated carbocycles. The lowest BCUT2D eigenvalue weighted by Crippen LogP contribution is -2.61. The Morgan fingerprint density at radius 2 is 1.50 bits per heavy atom. The van der Waals surface area contributed by atoms with E-state index in [2.05, 4.69) is 10.0 Å². The fraction of sp³-hybridized carbons (Fsp3) is 0.483. The van der Waals surface area contributed by atoms with Crippen molar-refractivity contribution in [3.63, 3.8) is 0 Å². The van der Waals surface area contributed by atoms with Crippen LogP contribution in [0.25, 0.3) is 10.4 Å². The van der Waals surface area contributed by atoms with Gasteiger partial charge in [0.05, 0.1) is 35.5 Å². The summed E-state index contributed by atoms with van der Waals surface area (Å²) in [5.41, 5.74) is 9.72. The second kappa shape index (κ2) is 13.8. The largest absolute Gasteiger partial charge is 0.479 e. The molecule has 4 unspecified atom stereocenters. The first-order chi connectivity index (χ1) is 20.1. The minimum absolute atomic E-state index is 0.232. The van der Waals surface area contributed by atoms with Crippen LogP contribution >= 0.6 is 0 Å². The summed E-state index contributed by atoms with van der Waals surface area (Å²) in [4.78, 5) is 40.5. The van der Waals surface area contributed by atoms with Crippen molar-refractivity contribution in [3.8, 4) is 0 Å². The number of carbonyl (C=O) groups excluding carboxylic acids is 2. The maximum atomic E-state index is 13.0. The number of carboxylic acids is 1. The van der Waals surface area contributed by atoms with Gasteiger partial charge in [-0.05, 0) is 42.6 Å². The van der Waals surface area contributed by atoms with Crippen LogP contribution in [0, 0.1) is 11.8 Å². The third-order valence-corrected chi connectivity index (χ3v) is 7.57. The Hall–Kier alpha value is -4.00. The van der Waals surface area contributed by atoms with Crippen LogP contribution in [-0.4, -0.2) is 83.7 Å². The predicted molar refractivity (Wildman–Crippen MR) is 145 cm³/mol. The molecule has 0 amide bonds. The van der Waals surface area contributed by atoms with Gasteiger partial charge >= 0.3 is 17.9 Å². The highest BCUT2D eigenvalue weighted by Gasteiger charge is 2.52. The van der Waals surface area contributed by atoms with Crippen LogP contribution in [0.4, 0.5) is 0 Å². The summed E-state index contributed by atoms with van der Waals surface area (Å²) in [7, 11) is 0. The zero-order chi connectivity index (χ0) is 30.4. The van der Waals surface area contributed by atoms with Crippen LogP contribution in [-0.2, 0) is 28.5 Å². The van der Waals surface area contributed by atoms with Crippen LogP contribution in [0.15, 0.2) is 65.8 Å². The molecule has 42 heavy (non-hydrogen) atoms. The van der Waals surface area contributed by atoms with Gasteiger partial charge < -0.3 is 33.9 Å². The predicted octanol–water partition coefficient (Wildman–Crippen LogP) is 3.36. The normalized spacial score (nSPS) is 32.7. The molecule has 2 N–H and O–H groups in total. The Bertz CT molecular complexity index is 1290. The fourth-order valence-corrected chi connectivity index (χ4v) is 5.23. The van der Waals surface area contributed by atoms with Gasteiger partial charge in [0.2, 0.25) is 0 Å². The maximum Gasteiger partial charge on any atom is 0.338 e. The molecule has 2 fully saturated rings. The van der Waals surface area contributed by atoms with Gasteiger partial charge in [-0.2, -0.15) is 0 Å². The number of rotatable bonds is 9. The van der Waals surface area contributed by atoms with E-state index in [4.69, 9.17) is 29.2 Å². The van der Waals surface area contributed by atoms with E-state index in [1.54, 1.807) is 74.5 Å². The molecule has 0 spiro atoms. The maximum absolute atomic E-state index is 13.0. The molecule has 0 aliphatic carbocycles. The van der Waals surface area contributed by atoms with Crippen molar-refractivity contribution < 1.29 is 48.3 Å². The Labute approximate surface area is 241 Å². The van der Waals surface area contributed by atoms with Crippen LogP contribution in [0.3, 0.4) is 0 Å². The number of aliphatic carboxylic acids is 1. The number of nitrogens with zero attached hydrogens (tertiary/aromatic N) is 3. The molecule has 10 atom stereocenters. The first-order valence-corrected chi connectivity index (χ1v) is 13.5. The van der Waals surface area contributed by atoms with Crippen molar-refractivity contribution in [2.75, 3.05) is 6.61 Å². The van der Waals surface area contributed by atoms with E-state index in [0.29, 0.717) is 5.56 Å². The third-order valence-electron chi connectivity index (χ3n) is 7.57. The molecule has 2 aliphatic rings. The van der Waals surface area contributed by atoms with Gasteiger partial charge in [0.1, 0.15) is 12.7 Å². The van der Waals surface area contributed by atoms with E-state index in [0.717, 1.165) is 0 Å². The number of aliphatic hydroxyl groups is 1. The van der Waals surface area contributed by atoms with Crippen molar-refractivity contribution in [2.45, 2.75) is 69.7 Å². The molecular formula is C29H33N3O10. The summed E-state index contributed by atoms with van der Waals surface area (Å²) in [6.07, 6.45) is -8.36. The molecule has 0 aromatic heterocycles. The number of benzene rings is 2. The molecule has 0 radical (unpaired) electrons. The summed E-state index contributed by atoms with van der Waals surface area (Å²) < 4.78 is 29.3. The Balaban J connectivity index is 1.61. The minimum atomic E-state index is -1.68. The summed E-state index contributed by atoms with van der Waals surface area (Å²) in [5, 5.41) is 24.3. The van der Waals surface area contributed by atoms with E-state index >= 15 is 0 Å². The summed E-state index contributed by atoms with van der Waals surface area (Å²) in [6, 6.07) is 15.8. The standard InChI is InChI=1S/C29H33N3O10/c1-15-21(31-32-30)17(3)39-20(14-38-27(36)18-10-6-4-7-11-18)23(15)41-29-24(16(2)22(33)25(42-29)26(34)35)40-28(37)19-12-8-5-9-13-19/h4-13,15-17,20-25,29,33H,14H2,1-3H3,(H,34,35)/t15?,16?,17-,20?,21+,22+,23+,24+,25?,29-/m1/s1. The molecule has 2 heterocycles. The number of hydrogen-bond donors (Lipinski definition) is 2. The number of azide groups is 1. The fourth-order valence-electron chi connectivity index (χ4n) is 5.23. The quantitative estimate of drug-likeness (QED) is 0.192. The van der Waals surface area contributed by atoms with Gasteiger partial charge in [-0.25, -0.2) is 14.4 Å². The number of hydrogen-bond acceptors (Lipinski definition) is 10. The van der Waals surface area contributed by atoms with Gasteiger partial charge in [0.15, 0.2) is 18.5 Å². The van der Waals surface area contributed by atoms with Crippen LogP contribution in [0.1, 0.15) is 41.5 Å². The monoisotopic (exact) mass is 583 g/mol. The highest BCUT2D eigenvalue weighted by Crippen LogP contribution is 2.36. The molecule has 2 aliphatic heterocycles. The van der Waals surface area contributed by atoms with Crippen molar-refractivity contribution in [1.29, 1.82) is 0 Å². The van der Waals surface area contributed by atoms with E-state index in [1.165, 1.54) is 6.92 Å². The van der Waals surface area contributed by atoms with Crippen LogP contribution in [0.5, 0.6) is 0 Å². The van der Waals surface area contributed by atoms with Gasteiger partial charge in [0.25, 0.3) is 0 Å². The first-order valence-electron chi connectivity index (χ1n) is 13.5. The van der Waals surface area contributed by atoms with E-state index in [-0.39, 0.29) is 12.2 Å². The van der Waals surface area contributed by atoms with Crippen LogP contribution < -0.4 is 0 Å². The van der Waals surface area contributed by atoms with Crippen LogP contribution in [0.2, 0.25) is 0 Å². The molecule has 0 bridgehead atoms. The molecule has 4 rings (SSSR count). The zero-order valence-electron chi connectivity index (χ0n) is 23.3. The van der Waals surface area contributed by atoms with E-state index in [9.17, 15) is 24.6 Å². The van der Waals surface area contributed by atoms with E-state index < -0.39 is 78.7 Å². The number of aliphatic hydroxyl groups excluding tert-OH is 1. The van der Waals surface area contributed by atoms with Crippen molar-refractivity contribution in [1.82, 2.24) is 0 Å². The van der Waals surface area contributed by atoms with E-state index in [1.807, 2.05) is 0 Å². The molecule has 2 aromatic rings. The average molecular weight is 584 g/mol. The van der Waals surface area contributed by atoms with Gasteiger partial charge in [-0.1, -0.05) is 55.4 Å². The third kappa shape index (κ3) is 6.89. The Morgan fingerprint density at radius 1 is 0.905 bits per heavy atom. The number of ether oxygens (including phenoxy) is 5. The summed E-state index contributed by atoms with van der Waals surface area (Å²) >= 11 is 0. The Kier molecular flexibility index (Phi) is 10.2. The second-order valence-electron chi connectivity index (χ2n) is 10.3. The SMILES string of the molecule is CC1[C@H](O[C@@H]2OC(C(=O)O)[C@@H](O)C(C)[C@@H]2OC(=O)c2ccccc2)C(COC(=O)c2ccccc2)O[C@H](C)[C@H]1N=[N+]=[N-]. The number of esters is 2. The molecular weight excluding hydrogens is 550 g/mol. The molecule has 13 heteroatoms. The molecule has 2 saturated heterocycles. The lowest BCUT2D eigenvalue weighted by molar-refractivity contribution is -0.315. The van der Waals surface area contributed by atoms with Crippen molar-refractivity contribution >= 4 is 17.9 Å². The van der Waals surface area contributed by atoms with Gasteiger partial charge in [-0.15, -0.1) is 0 Å². The topological polar surface area (TPSA) is 187 Å². The summed E-state index contributed by atoms with van der Waals surface area (Å²) in [6.45, 7) is 4.72. The smallest absolute Gasteiger partial charge is 0.338 e. The molecule has 13 nitrogen and oxygen atoms in total. The Morgan fingerprint density at radius 3 is 2.07 bits per heavy atom. The highest BCUT2D eigenvalue weighted by molar-refractivity contribution is 5.89. The summed E-state index contributed by atoms with van der Waals surface area (Å²) in [5.74, 6) is -4.21. The van der Waals surface area contributed by atoms with Gasteiger partial charge in [-0.3, -0.25) is 0 Å². The van der Waals surface area contributed by atoms with Crippen molar-refractivity contribution in [3.05, 3.63) is 82.2 Å². The second-order valence-corrected chi connectivity index (χ2v) is 10.3. The van der Waals surface area contributed by atoms with Gasteiger partial charge in [0, 0.05) is 10.8 Å². The number of carboxylic acid groups (broad SMARTS) is 1. The minimum Gasteiger partial charge on any atom is -0.479 e. The molecule has 2 aromatic carbocycles. The first kappa shape index (κ1) is 30.9. The average Bonchev–Trinajstić information content (AvgIpc) is 2.99. The lowest BCUT2D eigenvalue weighted by Gasteiger charge is -2.47. The zero-order valence-corrected chi connectivity index (χ0v) is 23.3. The lowest BCUT2D eigenvalue weighted by atomic mass is 9.86. The molecule has 224 valence electrons. The number of carbonyl (C=O) groups is 3. The van der Waals surface area contributed by atoms with Crippen molar-refractivity contribution in [2.24, 2.45) is 17.0 Å².